The molecule has 0 saturated carbocycles. The lowest BCUT2D eigenvalue weighted by Crippen LogP contribution is -2.18. The van der Waals surface area contributed by atoms with Crippen LogP contribution in [-0.4, -0.2) is 26.8 Å². The number of esters is 1. The van der Waals surface area contributed by atoms with E-state index in [0.717, 1.165) is 11.3 Å². The molecule has 0 unspecified atom stereocenters. The summed E-state index contributed by atoms with van der Waals surface area (Å²) in [6, 6.07) is 15.4. The molecule has 0 radical (unpaired) electrons. The number of rotatable bonds is 7. The van der Waals surface area contributed by atoms with Crippen molar-refractivity contribution in [3.05, 3.63) is 82.2 Å². The van der Waals surface area contributed by atoms with Crippen molar-refractivity contribution in [3.8, 4) is 0 Å². The Morgan fingerprint density at radius 3 is 2.54 bits per heavy atom. The fraction of sp³-hybridized carbons (Fsp3) is 0.0526. The molecule has 144 valence electrons. The Morgan fingerprint density at radius 1 is 1.04 bits per heavy atom. The number of para-hydroxylation sites is 1. The molecule has 0 atom stereocenters. The van der Waals surface area contributed by atoms with Gasteiger partial charge in [0.2, 0.25) is 0 Å². The smallest absolute Gasteiger partial charge is 0.340 e. The maximum Gasteiger partial charge on any atom is 0.340 e. The first-order valence-corrected chi connectivity index (χ1v) is 10.7. The average Bonchev–Trinajstić information content (AvgIpc) is 3.22. The molecule has 1 N–H and O–H groups in total. The molecule has 3 aromatic rings. The fourth-order valence-electron chi connectivity index (χ4n) is 2.32. The summed E-state index contributed by atoms with van der Waals surface area (Å²) in [5.41, 5.74) is 0.379. The van der Waals surface area contributed by atoms with E-state index in [1.807, 2.05) is 0 Å². The molecule has 0 aliphatic rings. The first-order chi connectivity index (χ1) is 13.4. The van der Waals surface area contributed by atoms with E-state index in [1.54, 1.807) is 41.8 Å². The second-order valence-electron chi connectivity index (χ2n) is 5.59. The molecular formula is C19H14ClNO5S2. The van der Waals surface area contributed by atoms with Crippen LogP contribution in [0.4, 0.5) is 5.69 Å². The molecule has 28 heavy (non-hydrogen) atoms. The summed E-state index contributed by atoms with van der Waals surface area (Å²) in [5.74, 6) is -1.24. The number of hydrogen-bond donors (Lipinski definition) is 1. The third-order valence-corrected chi connectivity index (χ3v) is 6.63. The predicted molar refractivity (Wildman–Crippen MR) is 108 cm³/mol. The number of Topliss-reactive ketones (excluding diaryl/α,β-unsaturated/α-hetero) is 1. The largest absolute Gasteiger partial charge is 0.454 e. The molecule has 1 heterocycles. The monoisotopic (exact) mass is 435 g/mol. The Bertz CT molecular complexity index is 1110. The number of anilines is 1. The van der Waals surface area contributed by atoms with Gasteiger partial charge in [-0.1, -0.05) is 41.9 Å². The van der Waals surface area contributed by atoms with Crippen LogP contribution in [0.15, 0.2) is 70.3 Å². The van der Waals surface area contributed by atoms with E-state index in [-0.39, 0.29) is 15.5 Å². The van der Waals surface area contributed by atoms with Crippen molar-refractivity contribution in [2.75, 3.05) is 11.3 Å². The van der Waals surface area contributed by atoms with Crippen LogP contribution in [0.1, 0.15) is 20.7 Å². The van der Waals surface area contributed by atoms with Crippen molar-refractivity contribution in [1.82, 2.24) is 0 Å². The zero-order valence-electron chi connectivity index (χ0n) is 14.3. The van der Waals surface area contributed by atoms with Crippen molar-refractivity contribution in [2.45, 2.75) is 4.21 Å². The molecule has 6 nitrogen and oxygen atoms in total. The van der Waals surface area contributed by atoms with Gasteiger partial charge in [-0.3, -0.25) is 9.52 Å². The molecule has 0 spiro atoms. The number of benzene rings is 2. The van der Waals surface area contributed by atoms with Crippen LogP contribution in [0.5, 0.6) is 0 Å². The standard InChI is InChI=1S/C19H14ClNO5S2/c20-14-6-3-5-13(11-14)17(22)12-26-19(23)15-7-1-2-8-16(15)21-28(24,25)18-9-4-10-27-18/h1-11,21H,12H2. The minimum Gasteiger partial charge on any atom is -0.454 e. The molecule has 2 aromatic carbocycles. The van der Waals surface area contributed by atoms with Crippen molar-refractivity contribution >= 4 is 50.4 Å². The highest BCUT2D eigenvalue weighted by Crippen LogP contribution is 2.23. The van der Waals surface area contributed by atoms with Gasteiger partial charge in [-0.25, -0.2) is 13.2 Å². The van der Waals surface area contributed by atoms with Crippen molar-refractivity contribution < 1.29 is 22.7 Å². The lowest BCUT2D eigenvalue weighted by Gasteiger charge is -2.11. The number of sulfonamides is 1. The summed E-state index contributed by atoms with van der Waals surface area (Å²) in [6.07, 6.45) is 0. The molecular weight excluding hydrogens is 422 g/mol. The Labute approximate surface area is 170 Å². The van der Waals surface area contributed by atoms with Crippen molar-refractivity contribution in [2.24, 2.45) is 0 Å². The van der Waals surface area contributed by atoms with E-state index >= 15 is 0 Å². The number of hydrogen-bond acceptors (Lipinski definition) is 6. The van der Waals surface area contributed by atoms with Gasteiger partial charge >= 0.3 is 5.97 Å². The van der Waals surface area contributed by atoms with Gasteiger partial charge in [-0.15, -0.1) is 11.3 Å². The zero-order valence-corrected chi connectivity index (χ0v) is 16.7. The van der Waals surface area contributed by atoms with Gasteiger partial charge in [0.1, 0.15) is 4.21 Å². The molecule has 9 heteroatoms. The van der Waals surface area contributed by atoms with Gasteiger partial charge in [0.05, 0.1) is 11.3 Å². The van der Waals surface area contributed by atoms with Crippen molar-refractivity contribution in [3.63, 3.8) is 0 Å². The summed E-state index contributed by atoms with van der Waals surface area (Å²) in [5, 5.41) is 2.03. The third-order valence-electron chi connectivity index (χ3n) is 3.63. The number of carbonyl (C=O) groups excluding carboxylic acids is 2. The maximum absolute atomic E-state index is 12.4. The predicted octanol–water partition coefficient (Wildman–Crippen LogP) is 4.24. The minimum atomic E-state index is -3.83. The van der Waals surface area contributed by atoms with E-state index in [9.17, 15) is 18.0 Å². The molecule has 0 fully saturated rings. The van der Waals surface area contributed by atoms with E-state index in [1.165, 1.54) is 24.3 Å². The summed E-state index contributed by atoms with van der Waals surface area (Å²) in [7, 11) is -3.83. The lowest BCUT2D eigenvalue weighted by molar-refractivity contribution is 0.0476. The fourth-order valence-corrected chi connectivity index (χ4v) is 4.58. The molecule has 1 aromatic heterocycles. The van der Waals surface area contributed by atoms with Gasteiger partial charge in [0, 0.05) is 10.6 Å². The van der Waals surface area contributed by atoms with Crippen LogP contribution in [0, 0.1) is 0 Å². The topological polar surface area (TPSA) is 89.5 Å². The zero-order chi connectivity index (χ0) is 20.1. The van der Waals surface area contributed by atoms with E-state index in [2.05, 4.69) is 4.72 Å². The Hall–Kier alpha value is -2.68. The second-order valence-corrected chi connectivity index (χ2v) is 8.89. The summed E-state index contributed by atoms with van der Waals surface area (Å²) >= 11 is 6.90. The molecule has 3 rings (SSSR count). The minimum absolute atomic E-state index is 0.00141. The third kappa shape index (κ3) is 4.78. The first kappa shape index (κ1) is 20.1. The molecule has 0 aliphatic heterocycles. The SMILES string of the molecule is O=C(COC(=O)c1ccccc1NS(=O)(=O)c1cccs1)c1cccc(Cl)c1. The highest BCUT2D eigenvalue weighted by atomic mass is 35.5. The van der Waals surface area contributed by atoms with E-state index in [4.69, 9.17) is 16.3 Å². The van der Waals surface area contributed by atoms with Gasteiger partial charge in [0.25, 0.3) is 10.0 Å². The summed E-state index contributed by atoms with van der Waals surface area (Å²) < 4.78 is 32.4. The van der Waals surface area contributed by atoms with Crippen LogP contribution in [0.3, 0.4) is 0 Å². The molecule has 0 aliphatic carbocycles. The van der Waals surface area contributed by atoms with Crippen LogP contribution >= 0.6 is 22.9 Å². The number of ether oxygens (including phenoxy) is 1. The Balaban J connectivity index is 1.73. The second kappa shape index (κ2) is 8.55. The molecule has 0 amide bonds. The van der Waals surface area contributed by atoms with Gasteiger partial charge < -0.3 is 4.74 Å². The van der Waals surface area contributed by atoms with Crippen LogP contribution in [-0.2, 0) is 14.8 Å². The quantitative estimate of drug-likeness (QED) is 0.442. The first-order valence-electron chi connectivity index (χ1n) is 7.98. The number of nitrogens with one attached hydrogen (secondary N) is 1. The van der Waals surface area contributed by atoms with Crippen molar-refractivity contribution in [1.29, 1.82) is 0 Å². The van der Waals surface area contributed by atoms with Gasteiger partial charge in [-0.05, 0) is 35.7 Å². The average molecular weight is 436 g/mol. The highest BCUT2D eigenvalue weighted by molar-refractivity contribution is 7.94. The maximum atomic E-state index is 12.4. The van der Waals surface area contributed by atoms with Crippen LogP contribution < -0.4 is 4.72 Å². The van der Waals surface area contributed by atoms with Gasteiger partial charge in [-0.2, -0.15) is 0 Å². The number of ketones is 1. The number of halogens is 1. The highest BCUT2D eigenvalue weighted by Gasteiger charge is 2.20. The normalized spacial score (nSPS) is 11.0. The molecule has 0 bridgehead atoms. The summed E-state index contributed by atoms with van der Waals surface area (Å²) in [6.45, 7) is -0.495. The van der Waals surface area contributed by atoms with Crippen LogP contribution in [0.25, 0.3) is 0 Å². The van der Waals surface area contributed by atoms with E-state index < -0.39 is 28.4 Å². The Kier molecular flexibility index (Phi) is 6.13. The summed E-state index contributed by atoms with van der Waals surface area (Å²) in [4.78, 5) is 24.6. The lowest BCUT2D eigenvalue weighted by atomic mass is 10.1. The van der Waals surface area contributed by atoms with Gasteiger partial charge in [0.15, 0.2) is 12.4 Å². The molecule has 0 saturated heterocycles. The Morgan fingerprint density at radius 2 is 1.82 bits per heavy atom. The number of thiophene rings is 1. The van der Waals surface area contributed by atoms with Crippen LogP contribution in [0.2, 0.25) is 5.02 Å². The number of carbonyl (C=O) groups is 2. The van der Waals surface area contributed by atoms with E-state index in [0.29, 0.717) is 10.6 Å².